The quantitative estimate of drug-likeness (QED) is 0.0667. The van der Waals surface area contributed by atoms with Gasteiger partial charge in [0.15, 0.2) is 0 Å². The summed E-state index contributed by atoms with van der Waals surface area (Å²) in [7, 11) is 0. The monoisotopic (exact) mass is 1950 g/mol. The minimum Gasteiger partial charge on any atom is -0.103 e. The van der Waals surface area contributed by atoms with Gasteiger partial charge in [0.2, 0.25) is 0 Å². The van der Waals surface area contributed by atoms with Gasteiger partial charge in [-0.15, -0.1) is 32.9 Å². The third-order valence-corrected chi connectivity index (χ3v) is 20.2. The number of hydrogen-bond donors (Lipinski definition) is 0. The van der Waals surface area contributed by atoms with Gasteiger partial charge in [0.25, 0.3) is 0 Å². The SMILES string of the molecule is C1=CCC=C1.C1=CCC=C1.C1=CCC=C1.C1=CCC=C1.C1=CCC=C1.C1=CCC=C1.C1=CCC=C1.C1=CCC=C1.C=CCC.C=CCC.C=CCC.C=CCC.C=CCC.C=Cc1ccc(CC)cc1.C=Cc1ccc(CC)cc1.C=Cc1ccc(CC)cc1.C=Cc1ccc(CC)cc1.C=Cc1ccc(CC)cc1.C=Cc1ccc(CC)cc1.CC.CCc1ccccc1.CCc1ccccc1.CCc1ccccc1. The van der Waals surface area contributed by atoms with E-state index in [4.69, 9.17) is 0 Å². The van der Waals surface area contributed by atoms with E-state index in [2.05, 4.69) is 582 Å². The van der Waals surface area contributed by atoms with E-state index in [9.17, 15) is 0 Å². The molecule has 8 aliphatic rings. The molecule has 0 aromatic heterocycles. The van der Waals surface area contributed by atoms with Gasteiger partial charge in [0, 0.05) is 0 Å². The first-order valence-electron chi connectivity index (χ1n) is 53.5. The molecule has 0 nitrogen and oxygen atoms in total. The van der Waals surface area contributed by atoms with Gasteiger partial charge in [-0.3, -0.25) is 0 Å². The summed E-state index contributed by atoms with van der Waals surface area (Å²) in [5, 5.41) is 0. The van der Waals surface area contributed by atoms with Crippen LogP contribution in [0.1, 0.15) is 278 Å². The van der Waals surface area contributed by atoms with Gasteiger partial charge in [-0.1, -0.05) is 648 Å². The maximum Gasteiger partial charge on any atom is -0.0163 e. The molecule has 17 rings (SSSR count). The van der Waals surface area contributed by atoms with Crippen LogP contribution in [0.25, 0.3) is 36.5 Å². The largest absolute Gasteiger partial charge is 0.103 e. The van der Waals surface area contributed by atoms with Crippen molar-refractivity contribution in [2.45, 2.75) is 252 Å². The van der Waals surface area contributed by atoms with Crippen molar-refractivity contribution in [3.8, 4) is 0 Å². The molecule has 146 heavy (non-hydrogen) atoms. The zero-order valence-corrected chi connectivity index (χ0v) is 94.2. The molecule has 0 saturated carbocycles. The van der Waals surface area contributed by atoms with E-state index in [1.165, 1.54) is 83.5 Å². The van der Waals surface area contributed by atoms with Gasteiger partial charge in [-0.2, -0.15) is 0 Å². The van der Waals surface area contributed by atoms with Crippen LogP contribution in [0.4, 0.5) is 0 Å². The molecule has 9 aromatic carbocycles. The number of aryl methyl sites for hydroxylation is 9. The van der Waals surface area contributed by atoms with Gasteiger partial charge in [-0.25, -0.2) is 0 Å². The molecule has 9 aromatic rings. The summed E-state index contributed by atoms with van der Waals surface area (Å²) in [5.74, 6) is 0. The van der Waals surface area contributed by atoms with Gasteiger partial charge >= 0.3 is 0 Å². The second-order valence-electron chi connectivity index (χ2n) is 31.5. The molecule has 0 aliphatic heterocycles. The topological polar surface area (TPSA) is 0 Å². The van der Waals surface area contributed by atoms with Crippen LogP contribution in [0.3, 0.4) is 0 Å². The minimum atomic E-state index is 1.08. The Balaban J connectivity index is -0.000000354. The Bertz CT molecular complexity index is 4100. The highest BCUT2D eigenvalue weighted by molar-refractivity contribution is 5.51. The molecule has 0 amide bonds. The number of hydrogen-bond acceptors (Lipinski definition) is 0. The summed E-state index contributed by atoms with van der Waals surface area (Å²) in [6, 6.07) is 82.1. The molecule has 0 spiro atoms. The standard InChI is InChI=1S/6C10H12.3C8H10.8C5H6.5C4H8.C2H6/c6*1-3-9-5-7-10(4-2)8-6-9;3*1-2-8-6-4-3-5-7-8;8*1-2-4-5-3-1;5*1-3-4-2;1-2/h6*3,5-8H,1,4H2,2H3;3*3-7H,2H2,1H3;8*1-4H,5H2;5*3H,1,4H2,2H3;1-2H3. The van der Waals surface area contributed by atoms with E-state index < -0.39 is 0 Å². The van der Waals surface area contributed by atoms with Crippen molar-refractivity contribution < 1.29 is 0 Å². The fourth-order valence-electron chi connectivity index (χ4n) is 10.6. The molecule has 0 radical (unpaired) electrons. The molecule has 0 saturated heterocycles. The zero-order chi connectivity index (χ0) is 109. The van der Waals surface area contributed by atoms with Crippen LogP contribution in [0.2, 0.25) is 0 Å². The molecule has 780 valence electrons. The van der Waals surface area contributed by atoms with Gasteiger partial charge in [-0.05, 0) is 225 Å². The highest BCUT2D eigenvalue weighted by Gasteiger charge is 1.94. The minimum absolute atomic E-state index is 1.08. The van der Waals surface area contributed by atoms with Crippen LogP contribution in [0.5, 0.6) is 0 Å². The Labute approximate surface area is 899 Å². The molecule has 0 unspecified atom stereocenters. The smallest absolute Gasteiger partial charge is 0.0163 e. The lowest BCUT2D eigenvalue weighted by atomic mass is 10.1. The second kappa shape index (κ2) is 121. The van der Waals surface area contributed by atoms with Gasteiger partial charge in [0.1, 0.15) is 0 Å². The first-order chi connectivity index (χ1) is 71.5. The Morgan fingerprint density at radius 1 is 0.144 bits per heavy atom. The van der Waals surface area contributed by atoms with Crippen LogP contribution < -0.4 is 0 Å². The van der Waals surface area contributed by atoms with Gasteiger partial charge < -0.3 is 0 Å². The average Bonchev–Trinajstić information content (AvgIpc) is 1.60. The van der Waals surface area contributed by atoms with Crippen LogP contribution in [-0.4, -0.2) is 0 Å². The van der Waals surface area contributed by atoms with Crippen LogP contribution in [-0.2, 0) is 57.8 Å². The third-order valence-electron chi connectivity index (χ3n) is 20.2. The molecule has 0 fully saturated rings. The second-order valence-corrected chi connectivity index (χ2v) is 31.5. The van der Waals surface area contributed by atoms with Crippen molar-refractivity contribution in [2.75, 3.05) is 0 Å². The average molecular weight is 1950 g/mol. The molecule has 0 atom stereocenters. The molecular formula is C146H196. The molecule has 0 heteroatoms. The van der Waals surface area contributed by atoms with Gasteiger partial charge in [0.05, 0.1) is 0 Å². The van der Waals surface area contributed by atoms with Crippen molar-refractivity contribution in [3.05, 3.63) is 617 Å². The molecule has 0 heterocycles. The van der Waals surface area contributed by atoms with Crippen molar-refractivity contribution in [3.63, 3.8) is 0 Å². The van der Waals surface area contributed by atoms with E-state index >= 15 is 0 Å². The Kier molecular flexibility index (Phi) is 119. The number of benzene rings is 9. The highest BCUT2D eigenvalue weighted by atomic mass is 14.0. The maximum absolute atomic E-state index is 3.69. The van der Waals surface area contributed by atoms with E-state index in [1.807, 2.05) is 98.9 Å². The lowest BCUT2D eigenvalue weighted by Crippen LogP contribution is -1.78. The van der Waals surface area contributed by atoms with Crippen LogP contribution in [0, 0.1) is 0 Å². The summed E-state index contributed by atoms with van der Waals surface area (Å²) in [6.07, 6.45) is 112. The van der Waals surface area contributed by atoms with Crippen molar-refractivity contribution in [1.29, 1.82) is 0 Å². The molecule has 0 N–H and O–H groups in total. The molecule has 8 aliphatic carbocycles. The predicted octanol–water partition coefficient (Wildman–Crippen LogP) is 45.1. The summed E-state index contributed by atoms with van der Waals surface area (Å²) < 4.78 is 0. The maximum atomic E-state index is 3.69. The number of allylic oxidation sites excluding steroid dienone is 37. The van der Waals surface area contributed by atoms with Crippen LogP contribution >= 0.6 is 0 Å². The normalized spacial score (nSPS) is 11.0. The van der Waals surface area contributed by atoms with E-state index in [1.54, 1.807) is 0 Å². The summed E-state index contributed by atoms with van der Waals surface area (Å²) in [4.78, 5) is 0. The Hall–Kier alpha value is -14.0. The van der Waals surface area contributed by atoms with E-state index in [-0.39, 0.29) is 0 Å². The molecular weight excluding hydrogens is 1750 g/mol. The zero-order valence-electron chi connectivity index (χ0n) is 94.2. The van der Waals surface area contributed by atoms with Crippen molar-refractivity contribution in [2.24, 2.45) is 0 Å². The third kappa shape index (κ3) is 103. The molecule has 0 bridgehead atoms. The first-order valence-corrected chi connectivity index (χ1v) is 53.5. The highest BCUT2D eigenvalue weighted by Crippen LogP contribution is 2.12. The summed E-state index contributed by atoms with van der Waals surface area (Å²) in [5.41, 5.74) is 19.7. The van der Waals surface area contributed by atoms with Crippen LogP contribution in [0.15, 0.2) is 534 Å². The summed E-state index contributed by atoms with van der Waals surface area (Å²) in [6.45, 7) is 73.2. The van der Waals surface area contributed by atoms with E-state index in [0.29, 0.717) is 0 Å². The first kappa shape index (κ1) is 143. The van der Waals surface area contributed by atoms with Crippen molar-refractivity contribution in [1.82, 2.24) is 0 Å². The fraction of sp³-hybridized carbons (Fsp3) is 0.260. The Morgan fingerprint density at radius 3 is 0.288 bits per heavy atom. The lowest BCUT2D eigenvalue weighted by Gasteiger charge is -1.95. The predicted molar refractivity (Wildman–Crippen MR) is 680 cm³/mol. The lowest BCUT2D eigenvalue weighted by molar-refractivity contribution is 1.14. The van der Waals surface area contributed by atoms with E-state index in [0.717, 1.165) is 141 Å². The Morgan fingerprint density at radius 2 is 0.233 bits per heavy atom. The number of rotatable bonds is 20. The summed E-state index contributed by atoms with van der Waals surface area (Å²) >= 11 is 0. The van der Waals surface area contributed by atoms with Crippen molar-refractivity contribution >= 4 is 36.5 Å². The fourth-order valence-corrected chi connectivity index (χ4v) is 10.6.